The normalized spacial score (nSPS) is 31.0. The molecule has 0 heterocycles. The molecule has 0 unspecified atom stereocenters. The van der Waals surface area contributed by atoms with Crippen molar-refractivity contribution in [3.63, 3.8) is 0 Å². The summed E-state index contributed by atoms with van der Waals surface area (Å²) in [7, 11) is 0. The molecule has 0 nitrogen and oxygen atoms in total. The molecule has 1 rings (SSSR count). The Morgan fingerprint density at radius 2 is 2.25 bits per heavy atom. The summed E-state index contributed by atoms with van der Waals surface area (Å²) in [6.45, 7) is 8.06. The maximum atomic E-state index is 3.53. The summed E-state index contributed by atoms with van der Waals surface area (Å²) in [6, 6.07) is 0. The third-order valence-electron chi connectivity index (χ3n) is 1.91. The van der Waals surface area contributed by atoms with Gasteiger partial charge in [0.2, 0.25) is 0 Å². The van der Waals surface area contributed by atoms with E-state index in [1.165, 1.54) is 6.42 Å². The lowest BCUT2D eigenvalue weighted by atomic mass is 10.1. The van der Waals surface area contributed by atoms with Crippen molar-refractivity contribution in [2.24, 2.45) is 11.3 Å². The van der Waals surface area contributed by atoms with E-state index in [9.17, 15) is 0 Å². The molecule has 0 aromatic rings. The van der Waals surface area contributed by atoms with Gasteiger partial charge in [-0.05, 0) is 23.8 Å². The van der Waals surface area contributed by atoms with Crippen LogP contribution >= 0.6 is 0 Å². The first-order chi connectivity index (χ1) is 3.67. The minimum Gasteiger partial charge on any atom is -0.133 e. The van der Waals surface area contributed by atoms with E-state index in [1.807, 2.05) is 0 Å². The van der Waals surface area contributed by atoms with E-state index in [1.54, 1.807) is 0 Å². The Balaban J connectivity index is 2.48. The van der Waals surface area contributed by atoms with Crippen LogP contribution in [0, 0.1) is 11.3 Å². The van der Waals surface area contributed by atoms with Crippen molar-refractivity contribution in [2.75, 3.05) is 0 Å². The van der Waals surface area contributed by atoms with Crippen molar-refractivity contribution in [1.29, 1.82) is 0 Å². The molecule has 1 atom stereocenters. The molecule has 0 bridgehead atoms. The maximum absolute atomic E-state index is 3.53. The van der Waals surface area contributed by atoms with E-state index in [0.717, 1.165) is 5.92 Å². The van der Waals surface area contributed by atoms with Crippen molar-refractivity contribution >= 4 is 0 Å². The van der Waals surface area contributed by atoms with E-state index < -0.39 is 0 Å². The van der Waals surface area contributed by atoms with Crippen LogP contribution in [0.3, 0.4) is 0 Å². The zero-order valence-corrected chi connectivity index (χ0v) is 5.57. The highest BCUT2D eigenvalue weighted by molar-refractivity contribution is 5.06. The van der Waals surface area contributed by atoms with Crippen LogP contribution in [0.5, 0.6) is 0 Å². The molecule has 0 aromatic carbocycles. The first-order valence-electron chi connectivity index (χ1n) is 3.03. The van der Waals surface area contributed by atoms with Gasteiger partial charge in [0.25, 0.3) is 0 Å². The van der Waals surface area contributed by atoms with Crippen LogP contribution in [-0.4, -0.2) is 0 Å². The maximum Gasteiger partial charge on any atom is -0.0101 e. The summed E-state index contributed by atoms with van der Waals surface area (Å²) in [6.07, 6.45) is 3.38. The zero-order chi connectivity index (χ0) is 6.20. The summed E-state index contributed by atoms with van der Waals surface area (Å²) in [5.74, 6) is 0.764. The molecule has 8 heavy (non-hydrogen) atoms. The van der Waals surface area contributed by atoms with Gasteiger partial charge < -0.3 is 0 Å². The molecule has 0 aliphatic heterocycles. The fourth-order valence-electron chi connectivity index (χ4n) is 0.935. The second-order valence-corrected chi connectivity index (χ2v) is 3.17. The van der Waals surface area contributed by atoms with Crippen LogP contribution in [0.1, 0.15) is 20.3 Å². The van der Waals surface area contributed by atoms with Crippen molar-refractivity contribution in [2.45, 2.75) is 20.3 Å². The van der Waals surface area contributed by atoms with E-state index in [0.29, 0.717) is 5.41 Å². The van der Waals surface area contributed by atoms with Gasteiger partial charge >= 0.3 is 0 Å². The molecule has 0 spiro atoms. The Morgan fingerprint density at radius 3 is 2.38 bits per heavy atom. The van der Waals surface area contributed by atoms with Crippen LogP contribution < -0.4 is 0 Å². The van der Waals surface area contributed by atoms with Gasteiger partial charge in [-0.25, -0.2) is 0 Å². The summed E-state index contributed by atoms with van der Waals surface area (Å²) < 4.78 is 0. The molecule has 1 saturated carbocycles. The monoisotopic (exact) mass is 108 g/mol. The predicted molar refractivity (Wildman–Crippen MR) is 35.6 cm³/mol. The molecule has 1 fully saturated rings. The van der Waals surface area contributed by atoms with Crippen LogP contribution in [0.2, 0.25) is 0 Å². The second kappa shape index (κ2) is 1.50. The van der Waals surface area contributed by atoms with E-state index in [-0.39, 0.29) is 0 Å². The van der Waals surface area contributed by atoms with Crippen molar-refractivity contribution < 1.29 is 0 Å². The van der Waals surface area contributed by atoms with Gasteiger partial charge in [-0.3, -0.25) is 0 Å². The molecule has 1 aliphatic rings. The fourth-order valence-corrected chi connectivity index (χ4v) is 0.935. The number of rotatable bonds is 1. The summed E-state index contributed by atoms with van der Waals surface area (Å²) in [4.78, 5) is 0. The minimum atomic E-state index is 0.560. The Hall–Kier alpha value is -0.480. The first-order valence-corrected chi connectivity index (χ1v) is 3.03. The van der Waals surface area contributed by atoms with Crippen LogP contribution in [0.25, 0.3) is 0 Å². The lowest BCUT2D eigenvalue weighted by molar-refractivity contribution is 0.610. The fraction of sp³-hybridized carbons (Fsp3) is 0.625. The van der Waals surface area contributed by atoms with E-state index >= 15 is 0 Å². The summed E-state index contributed by atoms with van der Waals surface area (Å²) in [5, 5.41) is 0. The molecule has 0 radical (unpaired) electrons. The molecular formula is C8H12. The van der Waals surface area contributed by atoms with Gasteiger partial charge in [-0.1, -0.05) is 20.4 Å². The van der Waals surface area contributed by atoms with Crippen LogP contribution in [0.4, 0.5) is 0 Å². The SMILES string of the molecule is C=C=C[C@H]1CC1(C)C. The largest absolute Gasteiger partial charge is 0.133 e. The predicted octanol–water partition coefficient (Wildman–Crippen LogP) is 2.37. The zero-order valence-electron chi connectivity index (χ0n) is 5.57. The molecule has 0 saturated heterocycles. The highest BCUT2D eigenvalue weighted by Crippen LogP contribution is 2.52. The molecule has 0 N–H and O–H groups in total. The molecular weight excluding hydrogens is 96.1 g/mol. The molecule has 44 valence electrons. The van der Waals surface area contributed by atoms with E-state index in [2.05, 4.69) is 32.2 Å². The van der Waals surface area contributed by atoms with Gasteiger partial charge in [0.15, 0.2) is 0 Å². The lowest BCUT2D eigenvalue weighted by Gasteiger charge is -1.92. The van der Waals surface area contributed by atoms with Gasteiger partial charge in [0.1, 0.15) is 0 Å². The molecule has 0 amide bonds. The standard InChI is InChI=1S/C8H12/c1-4-5-7-6-8(7,2)3/h5,7H,1,6H2,2-3H3/t7-/m0/s1. The van der Waals surface area contributed by atoms with Gasteiger partial charge in [-0.15, -0.1) is 5.73 Å². The van der Waals surface area contributed by atoms with Gasteiger partial charge in [0.05, 0.1) is 0 Å². The minimum absolute atomic E-state index is 0.560. The average Bonchev–Trinajstić information content (AvgIpc) is 2.15. The van der Waals surface area contributed by atoms with Crippen LogP contribution in [0.15, 0.2) is 18.4 Å². The topological polar surface area (TPSA) is 0 Å². The summed E-state index contributed by atoms with van der Waals surface area (Å²) in [5.41, 5.74) is 3.37. The highest BCUT2D eigenvalue weighted by atomic mass is 14.5. The Kier molecular flexibility index (Phi) is 1.06. The first kappa shape index (κ1) is 5.65. The second-order valence-electron chi connectivity index (χ2n) is 3.17. The number of hydrogen-bond donors (Lipinski definition) is 0. The number of hydrogen-bond acceptors (Lipinski definition) is 0. The Morgan fingerprint density at radius 1 is 1.75 bits per heavy atom. The molecule has 0 aromatic heterocycles. The third-order valence-corrected chi connectivity index (χ3v) is 1.91. The quantitative estimate of drug-likeness (QED) is 0.452. The Bertz CT molecular complexity index is 136. The number of allylic oxidation sites excluding steroid dienone is 1. The highest BCUT2D eigenvalue weighted by Gasteiger charge is 2.43. The third kappa shape index (κ3) is 0.850. The van der Waals surface area contributed by atoms with Gasteiger partial charge in [-0.2, -0.15) is 0 Å². The van der Waals surface area contributed by atoms with Gasteiger partial charge in [0, 0.05) is 0 Å². The van der Waals surface area contributed by atoms with Crippen molar-refractivity contribution in [1.82, 2.24) is 0 Å². The molecule has 1 aliphatic carbocycles. The lowest BCUT2D eigenvalue weighted by Crippen LogP contribution is -1.84. The van der Waals surface area contributed by atoms with Crippen molar-refractivity contribution in [3.8, 4) is 0 Å². The smallest absolute Gasteiger partial charge is 0.0101 e. The van der Waals surface area contributed by atoms with Crippen LogP contribution in [-0.2, 0) is 0 Å². The average molecular weight is 108 g/mol. The molecule has 0 heteroatoms. The van der Waals surface area contributed by atoms with E-state index in [4.69, 9.17) is 0 Å². The summed E-state index contributed by atoms with van der Waals surface area (Å²) >= 11 is 0. The Labute approximate surface area is 50.9 Å². The van der Waals surface area contributed by atoms with Crippen molar-refractivity contribution in [3.05, 3.63) is 18.4 Å².